The Morgan fingerprint density at radius 2 is 1.59 bits per heavy atom. The van der Waals surface area contributed by atoms with Crippen molar-refractivity contribution in [3.63, 3.8) is 0 Å². The molecule has 0 bridgehead atoms. The molecule has 2 aromatic carbocycles. The van der Waals surface area contributed by atoms with Gasteiger partial charge in [0.1, 0.15) is 5.75 Å². The van der Waals surface area contributed by atoms with Gasteiger partial charge >= 0.3 is 5.97 Å². The smallest absolute Gasteiger partial charge is 0.320 e. The van der Waals surface area contributed by atoms with E-state index in [-0.39, 0.29) is 23.8 Å². The molecule has 0 aromatic heterocycles. The Hall–Kier alpha value is -2.18. The molecule has 1 heterocycles. The number of hydrogen-bond donors (Lipinski definition) is 0. The summed E-state index contributed by atoms with van der Waals surface area (Å²) in [6.45, 7) is 2.73. The van der Waals surface area contributed by atoms with Crippen molar-refractivity contribution in [3.05, 3.63) is 71.8 Å². The first kappa shape index (κ1) is 19.6. The topological polar surface area (TPSA) is 63.7 Å². The Morgan fingerprint density at radius 1 is 1.07 bits per heavy atom. The predicted octanol–water partition coefficient (Wildman–Crippen LogP) is 2.68. The highest BCUT2D eigenvalue weighted by atomic mass is 32.2. The standard InChI is InChI=1S/C21H25NO4S/c1-16-19(14-27(24,25)15-20(23)26-2)13-22(16)21(17-9-5-3-6-10-17)18-11-7-4-8-12-18/h3-12,16,19,21H,13-15H2,1-2H3/t16-,19-/m1/s1. The van der Waals surface area contributed by atoms with Crippen LogP contribution in [0, 0.1) is 5.92 Å². The summed E-state index contributed by atoms with van der Waals surface area (Å²) in [5, 5.41) is 0. The molecule has 1 aliphatic heterocycles. The summed E-state index contributed by atoms with van der Waals surface area (Å²) in [6, 6.07) is 20.7. The fraction of sp³-hybridized carbons (Fsp3) is 0.381. The molecule has 0 radical (unpaired) electrons. The molecule has 0 saturated carbocycles. The second-order valence-electron chi connectivity index (χ2n) is 7.05. The normalized spacial score (nSPS) is 20.3. The van der Waals surface area contributed by atoms with E-state index in [9.17, 15) is 13.2 Å². The van der Waals surface area contributed by atoms with Crippen LogP contribution >= 0.6 is 0 Å². The fourth-order valence-electron chi connectivity index (χ4n) is 3.72. The molecule has 144 valence electrons. The number of likely N-dealkylation sites (tertiary alicyclic amines) is 1. The molecule has 27 heavy (non-hydrogen) atoms. The summed E-state index contributed by atoms with van der Waals surface area (Å²) in [6.07, 6.45) is 0. The van der Waals surface area contributed by atoms with Crippen LogP contribution in [0.1, 0.15) is 24.1 Å². The molecule has 0 unspecified atom stereocenters. The van der Waals surface area contributed by atoms with E-state index in [1.54, 1.807) is 0 Å². The Bertz CT molecular complexity index is 828. The van der Waals surface area contributed by atoms with Gasteiger partial charge in [-0.3, -0.25) is 9.69 Å². The van der Waals surface area contributed by atoms with Crippen LogP contribution in [0.2, 0.25) is 0 Å². The van der Waals surface area contributed by atoms with Crippen LogP contribution in [0.3, 0.4) is 0 Å². The molecule has 2 atom stereocenters. The number of esters is 1. The van der Waals surface area contributed by atoms with Crippen molar-refractivity contribution in [2.45, 2.75) is 19.0 Å². The summed E-state index contributed by atoms with van der Waals surface area (Å²) >= 11 is 0. The van der Waals surface area contributed by atoms with E-state index >= 15 is 0 Å². The van der Waals surface area contributed by atoms with E-state index < -0.39 is 21.6 Å². The average Bonchev–Trinajstić information content (AvgIpc) is 2.68. The van der Waals surface area contributed by atoms with Gasteiger partial charge in [0.05, 0.1) is 18.9 Å². The largest absolute Gasteiger partial charge is 0.468 e. The van der Waals surface area contributed by atoms with E-state index in [0.29, 0.717) is 6.54 Å². The Kier molecular flexibility index (Phi) is 5.97. The summed E-state index contributed by atoms with van der Waals surface area (Å²) in [5.74, 6) is -1.23. The number of carbonyl (C=O) groups excluding carboxylic acids is 1. The van der Waals surface area contributed by atoms with Crippen molar-refractivity contribution >= 4 is 15.8 Å². The van der Waals surface area contributed by atoms with Gasteiger partial charge in [0.15, 0.2) is 9.84 Å². The summed E-state index contributed by atoms with van der Waals surface area (Å²) in [5.41, 5.74) is 2.37. The molecule has 1 saturated heterocycles. The van der Waals surface area contributed by atoms with E-state index in [1.165, 1.54) is 18.2 Å². The lowest BCUT2D eigenvalue weighted by atomic mass is 9.85. The number of benzene rings is 2. The predicted molar refractivity (Wildman–Crippen MR) is 105 cm³/mol. The van der Waals surface area contributed by atoms with Crippen molar-refractivity contribution in [1.29, 1.82) is 0 Å². The second kappa shape index (κ2) is 8.23. The minimum atomic E-state index is -3.47. The molecule has 5 nitrogen and oxygen atoms in total. The highest BCUT2D eigenvalue weighted by molar-refractivity contribution is 7.92. The third kappa shape index (κ3) is 4.57. The molecular weight excluding hydrogens is 362 g/mol. The lowest BCUT2D eigenvalue weighted by Crippen LogP contribution is -2.58. The molecular formula is C21H25NO4S. The highest BCUT2D eigenvalue weighted by Gasteiger charge is 2.42. The van der Waals surface area contributed by atoms with Crippen molar-refractivity contribution < 1.29 is 17.9 Å². The second-order valence-corrected chi connectivity index (χ2v) is 9.16. The third-order valence-electron chi connectivity index (χ3n) is 5.25. The molecule has 2 aromatic rings. The van der Waals surface area contributed by atoms with E-state index in [0.717, 1.165) is 0 Å². The molecule has 0 amide bonds. The van der Waals surface area contributed by atoms with Crippen LogP contribution in [-0.4, -0.2) is 50.5 Å². The monoisotopic (exact) mass is 387 g/mol. The van der Waals surface area contributed by atoms with Gasteiger partial charge in [-0.05, 0) is 18.1 Å². The molecule has 0 spiro atoms. The van der Waals surface area contributed by atoms with Crippen LogP contribution in [0.5, 0.6) is 0 Å². The Morgan fingerprint density at radius 3 is 2.04 bits per heavy atom. The van der Waals surface area contributed by atoms with Gasteiger partial charge in [0.2, 0.25) is 0 Å². The third-order valence-corrected chi connectivity index (χ3v) is 6.86. The van der Waals surface area contributed by atoms with Crippen molar-refractivity contribution in [1.82, 2.24) is 4.90 Å². The number of rotatable bonds is 7. The number of methoxy groups -OCH3 is 1. The molecule has 3 rings (SSSR count). The number of sulfone groups is 1. The van der Waals surface area contributed by atoms with Gasteiger partial charge in [-0.1, -0.05) is 60.7 Å². The maximum Gasteiger partial charge on any atom is 0.320 e. The minimum absolute atomic E-state index is 0.00887. The van der Waals surface area contributed by atoms with Gasteiger partial charge in [-0.25, -0.2) is 8.42 Å². The highest BCUT2D eigenvalue weighted by Crippen LogP contribution is 2.38. The van der Waals surface area contributed by atoms with E-state index in [2.05, 4.69) is 40.8 Å². The van der Waals surface area contributed by atoms with Crippen molar-refractivity contribution in [2.24, 2.45) is 5.92 Å². The van der Waals surface area contributed by atoms with E-state index in [1.807, 2.05) is 36.4 Å². The van der Waals surface area contributed by atoms with Crippen LogP contribution in [-0.2, 0) is 19.4 Å². The number of nitrogens with zero attached hydrogens (tertiary/aromatic N) is 1. The molecule has 1 fully saturated rings. The quantitative estimate of drug-likeness (QED) is 0.684. The lowest BCUT2D eigenvalue weighted by molar-refractivity contribution is -0.137. The maximum absolute atomic E-state index is 12.2. The van der Waals surface area contributed by atoms with Crippen molar-refractivity contribution in [2.75, 3.05) is 25.2 Å². The zero-order chi connectivity index (χ0) is 19.4. The Labute approximate surface area is 160 Å². The SMILES string of the molecule is COC(=O)CS(=O)(=O)C[C@H]1CN(C(c2ccccc2)c2ccccc2)[C@@H]1C. The zero-order valence-corrected chi connectivity index (χ0v) is 16.4. The van der Waals surface area contributed by atoms with E-state index in [4.69, 9.17) is 0 Å². The van der Waals surface area contributed by atoms with Crippen LogP contribution in [0.15, 0.2) is 60.7 Å². The minimum Gasteiger partial charge on any atom is -0.468 e. The first-order valence-electron chi connectivity index (χ1n) is 9.04. The van der Waals surface area contributed by atoms with Gasteiger partial charge in [-0.15, -0.1) is 0 Å². The summed E-state index contributed by atoms with van der Waals surface area (Å²) in [7, 11) is -2.26. The van der Waals surface area contributed by atoms with Gasteiger partial charge in [0.25, 0.3) is 0 Å². The lowest BCUT2D eigenvalue weighted by Gasteiger charge is -2.50. The zero-order valence-electron chi connectivity index (χ0n) is 15.6. The van der Waals surface area contributed by atoms with Crippen LogP contribution in [0.4, 0.5) is 0 Å². The first-order chi connectivity index (χ1) is 12.9. The first-order valence-corrected chi connectivity index (χ1v) is 10.9. The maximum atomic E-state index is 12.2. The van der Waals surface area contributed by atoms with Gasteiger partial charge in [0, 0.05) is 18.5 Å². The number of carbonyl (C=O) groups is 1. The molecule has 0 N–H and O–H groups in total. The van der Waals surface area contributed by atoms with Gasteiger partial charge < -0.3 is 4.74 Å². The number of ether oxygens (including phenoxy) is 1. The van der Waals surface area contributed by atoms with Crippen LogP contribution < -0.4 is 0 Å². The van der Waals surface area contributed by atoms with Crippen molar-refractivity contribution in [3.8, 4) is 0 Å². The molecule has 6 heteroatoms. The van der Waals surface area contributed by atoms with Crippen LogP contribution in [0.25, 0.3) is 0 Å². The summed E-state index contributed by atoms with van der Waals surface area (Å²) < 4.78 is 29.0. The molecule has 1 aliphatic rings. The average molecular weight is 388 g/mol. The summed E-state index contributed by atoms with van der Waals surface area (Å²) in [4.78, 5) is 13.6. The molecule has 0 aliphatic carbocycles. The number of hydrogen-bond acceptors (Lipinski definition) is 5. The Balaban J connectivity index is 1.76. The fourth-order valence-corrected chi connectivity index (χ4v) is 5.36. The van der Waals surface area contributed by atoms with Gasteiger partial charge in [-0.2, -0.15) is 0 Å².